The van der Waals surface area contributed by atoms with Crippen molar-refractivity contribution < 1.29 is 24.2 Å². The average molecular weight is 238 g/mol. The first-order valence-corrected chi connectivity index (χ1v) is 5.08. The minimum Gasteiger partial charge on any atom is -0.496 e. The Bertz CT molecular complexity index is 450. The zero-order chi connectivity index (χ0) is 13.0. The van der Waals surface area contributed by atoms with Crippen LogP contribution >= 0.6 is 0 Å². The zero-order valence-electron chi connectivity index (χ0n) is 9.94. The molecular formula is C12H14O5. The highest BCUT2D eigenvalue weighted by molar-refractivity contribution is 6.40. The van der Waals surface area contributed by atoms with Gasteiger partial charge in [-0.2, -0.15) is 0 Å². The Morgan fingerprint density at radius 2 is 1.88 bits per heavy atom. The summed E-state index contributed by atoms with van der Waals surface area (Å²) in [6, 6.07) is 2.96. The van der Waals surface area contributed by atoms with Crippen molar-refractivity contribution in [3.05, 3.63) is 23.3 Å². The summed E-state index contributed by atoms with van der Waals surface area (Å²) in [6.07, 6.45) is 0.576. The number of carbonyl (C=O) groups is 2. The van der Waals surface area contributed by atoms with Crippen molar-refractivity contribution in [2.45, 2.75) is 13.3 Å². The van der Waals surface area contributed by atoms with E-state index >= 15 is 0 Å². The third kappa shape index (κ3) is 2.38. The SMILES string of the molecule is CCc1c(OC)ccc(C(=O)C(=O)O)c1OC. The highest BCUT2D eigenvalue weighted by Gasteiger charge is 2.23. The largest absolute Gasteiger partial charge is 0.496 e. The van der Waals surface area contributed by atoms with Gasteiger partial charge in [-0.25, -0.2) is 4.79 Å². The van der Waals surface area contributed by atoms with E-state index < -0.39 is 11.8 Å². The molecule has 0 heterocycles. The van der Waals surface area contributed by atoms with Gasteiger partial charge >= 0.3 is 5.97 Å². The molecular weight excluding hydrogens is 224 g/mol. The zero-order valence-corrected chi connectivity index (χ0v) is 9.94. The number of carboxylic acid groups (broad SMARTS) is 1. The molecule has 0 saturated heterocycles. The fourth-order valence-corrected chi connectivity index (χ4v) is 1.66. The minimum absolute atomic E-state index is 0.0395. The lowest BCUT2D eigenvalue weighted by Gasteiger charge is -2.14. The molecule has 1 rings (SSSR count). The molecule has 17 heavy (non-hydrogen) atoms. The van der Waals surface area contributed by atoms with E-state index in [0.717, 1.165) is 0 Å². The normalized spacial score (nSPS) is 9.82. The molecule has 0 atom stereocenters. The topological polar surface area (TPSA) is 72.8 Å². The quantitative estimate of drug-likeness (QED) is 0.622. The molecule has 1 aromatic carbocycles. The number of Topliss-reactive ketones (excluding diaryl/α,β-unsaturated/α-hetero) is 1. The number of hydrogen-bond acceptors (Lipinski definition) is 4. The van der Waals surface area contributed by atoms with Crippen LogP contribution in [0.3, 0.4) is 0 Å². The second-order valence-corrected chi connectivity index (χ2v) is 3.32. The van der Waals surface area contributed by atoms with Crippen LogP contribution in [0.15, 0.2) is 12.1 Å². The van der Waals surface area contributed by atoms with Gasteiger partial charge in [0.15, 0.2) is 0 Å². The maximum atomic E-state index is 11.5. The number of benzene rings is 1. The third-order valence-corrected chi connectivity index (χ3v) is 2.43. The van der Waals surface area contributed by atoms with Crippen molar-refractivity contribution in [1.82, 2.24) is 0 Å². The molecule has 0 unspecified atom stereocenters. The van der Waals surface area contributed by atoms with Gasteiger partial charge in [0.1, 0.15) is 11.5 Å². The summed E-state index contributed by atoms with van der Waals surface area (Å²) < 4.78 is 10.3. The lowest BCUT2D eigenvalue weighted by molar-refractivity contribution is -0.131. The van der Waals surface area contributed by atoms with E-state index in [4.69, 9.17) is 14.6 Å². The van der Waals surface area contributed by atoms with Gasteiger partial charge in [-0.05, 0) is 18.6 Å². The molecule has 0 aliphatic carbocycles. The Labute approximate surface area is 99.0 Å². The van der Waals surface area contributed by atoms with Crippen LogP contribution in [0.1, 0.15) is 22.8 Å². The van der Waals surface area contributed by atoms with Crippen LogP contribution in [0, 0.1) is 0 Å². The van der Waals surface area contributed by atoms with Crippen LogP contribution in [0.4, 0.5) is 0 Å². The molecule has 0 fully saturated rings. The first-order valence-electron chi connectivity index (χ1n) is 5.08. The molecule has 92 valence electrons. The van der Waals surface area contributed by atoms with Gasteiger partial charge in [-0.15, -0.1) is 0 Å². The molecule has 0 aliphatic heterocycles. The van der Waals surface area contributed by atoms with Crippen LogP contribution in [-0.2, 0) is 11.2 Å². The Balaban J connectivity index is 3.43. The molecule has 0 aromatic heterocycles. The van der Waals surface area contributed by atoms with Gasteiger partial charge in [-0.3, -0.25) is 4.79 Å². The minimum atomic E-state index is -1.50. The number of ketones is 1. The van der Waals surface area contributed by atoms with E-state index in [2.05, 4.69) is 0 Å². The molecule has 0 radical (unpaired) electrons. The molecule has 0 bridgehead atoms. The Morgan fingerprint density at radius 1 is 1.24 bits per heavy atom. The van der Waals surface area contributed by atoms with Crippen molar-refractivity contribution in [1.29, 1.82) is 0 Å². The highest BCUT2D eigenvalue weighted by Crippen LogP contribution is 2.32. The summed E-state index contributed by atoms with van der Waals surface area (Å²) >= 11 is 0. The smallest absolute Gasteiger partial charge is 0.377 e. The highest BCUT2D eigenvalue weighted by atomic mass is 16.5. The van der Waals surface area contributed by atoms with E-state index in [1.54, 1.807) is 6.07 Å². The van der Waals surface area contributed by atoms with Crippen molar-refractivity contribution >= 4 is 11.8 Å². The second kappa shape index (κ2) is 5.34. The molecule has 5 nitrogen and oxygen atoms in total. The summed E-state index contributed by atoms with van der Waals surface area (Å²) in [5.74, 6) is -1.65. The number of methoxy groups -OCH3 is 2. The monoisotopic (exact) mass is 238 g/mol. The number of aliphatic carboxylic acids is 1. The molecule has 0 saturated carbocycles. The first-order chi connectivity index (χ1) is 8.06. The van der Waals surface area contributed by atoms with E-state index in [1.807, 2.05) is 6.92 Å². The Morgan fingerprint density at radius 3 is 2.29 bits per heavy atom. The number of carboxylic acids is 1. The number of carbonyl (C=O) groups excluding carboxylic acids is 1. The number of rotatable bonds is 5. The summed E-state index contributed by atoms with van der Waals surface area (Å²) in [7, 11) is 2.90. The first kappa shape index (κ1) is 13.0. The van der Waals surface area contributed by atoms with Gasteiger partial charge in [0.2, 0.25) is 0 Å². The van der Waals surface area contributed by atoms with Crippen LogP contribution in [0.25, 0.3) is 0 Å². The second-order valence-electron chi connectivity index (χ2n) is 3.32. The molecule has 5 heteroatoms. The van der Waals surface area contributed by atoms with Gasteiger partial charge in [0.05, 0.1) is 19.8 Å². The van der Waals surface area contributed by atoms with Gasteiger partial charge in [0.25, 0.3) is 5.78 Å². The molecule has 0 amide bonds. The Kier molecular flexibility index (Phi) is 4.09. The van der Waals surface area contributed by atoms with Gasteiger partial charge in [0, 0.05) is 5.56 Å². The van der Waals surface area contributed by atoms with Crippen LogP contribution in [0.2, 0.25) is 0 Å². The number of hydrogen-bond donors (Lipinski definition) is 1. The molecule has 0 aliphatic rings. The third-order valence-electron chi connectivity index (χ3n) is 2.43. The van der Waals surface area contributed by atoms with E-state index in [0.29, 0.717) is 17.7 Å². The predicted molar refractivity (Wildman–Crippen MR) is 60.9 cm³/mol. The van der Waals surface area contributed by atoms with E-state index in [9.17, 15) is 9.59 Å². The van der Waals surface area contributed by atoms with Gasteiger partial charge < -0.3 is 14.6 Å². The lowest BCUT2D eigenvalue weighted by atomic mass is 10.0. The molecule has 1 aromatic rings. The maximum Gasteiger partial charge on any atom is 0.377 e. The lowest BCUT2D eigenvalue weighted by Crippen LogP contribution is -2.15. The standard InChI is InChI=1S/C12H14O5/c1-4-7-9(16-2)6-5-8(11(7)17-3)10(13)12(14)15/h5-6H,4H2,1-3H3,(H,14,15). The molecule has 1 N–H and O–H groups in total. The Hall–Kier alpha value is -2.04. The molecule has 0 spiro atoms. The van der Waals surface area contributed by atoms with Crippen molar-refractivity contribution in [2.24, 2.45) is 0 Å². The van der Waals surface area contributed by atoms with E-state index in [1.165, 1.54) is 20.3 Å². The van der Waals surface area contributed by atoms with Crippen molar-refractivity contribution in [3.63, 3.8) is 0 Å². The van der Waals surface area contributed by atoms with Crippen LogP contribution in [0.5, 0.6) is 11.5 Å². The predicted octanol–water partition coefficient (Wildman–Crippen LogP) is 1.53. The summed E-state index contributed by atoms with van der Waals surface area (Å²) in [5.41, 5.74) is 0.722. The van der Waals surface area contributed by atoms with Crippen molar-refractivity contribution in [2.75, 3.05) is 14.2 Å². The van der Waals surface area contributed by atoms with Gasteiger partial charge in [-0.1, -0.05) is 6.92 Å². The average Bonchev–Trinajstić information content (AvgIpc) is 2.35. The summed E-state index contributed by atoms with van der Waals surface area (Å²) in [4.78, 5) is 22.2. The maximum absolute atomic E-state index is 11.5. The van der Waals surface area contributed by atoms with Crippen LogP contribution in [-0.4, -0.2) is 31.1 Å². The fourth-order valence-electron chi connectivity index (χ4n) is 1.66. The van der Waals surface area contributed by atoms with Crippen LogP contribution < -0.4 is 9.47 Å². The number of ether oxygens (including phenoxy) is 2. The summed E-state index contributed by atoms with van der Waals surface area (Å²) in [6.45, 7) is 1.87. The fraction of sp³-hybridized carbons (Fsp3) is 0.333. The van der Waals surface area contributed by atoms with Crippen molar-refractivity contribution in [3.8, 4) is 11.5 Å². The summed E-state index contributed by atoms with van der Waals surface area (Å²) in [5, 5.41) is 8.71. The van der Waals surface area contributed by atoms with E-state index in [-0.39, 0.29) is 11.3 Å².